The number of aromatic nitrogens is 2. The molecule has 1 aliphatic heterocycles. The summed E-state index contributed by atoms with van der Waals surface area (Å²) in [5, 5.41) is 14.1. The number of piperidine rings is 1. The highest BCUT2D eigenvalue weighted by molar-refractivity contribution is 6.02. The van der Waals surface area contributed by atoms with Gasteiger partial charge in [-0.05, 0) is 61.6 Å². The molecule has 1 aliphatic rings. The van der Waals surface area contributed by atoms with Gasteiger partial charge in [0.15, 0.2) is 5.69 Å². The third kappa shape index (κ3) is 4.94. The fourth-order valence-corrected chi connectivity index (χ4v) is 2.96. The number of hydrogen-bond acceptors (Lipinski definition) is 5. The number of anilines is 3. The lowest BCUT2D eigenvalue weighted by Crippen LogP contribution is -2.29. The zero-order chi connectivity index (χ0) is 18.4. The second-order valence-electron chi connectivity index (χ2n) is 7.13. The van der Waals surface area contributed by atoms with Crippen molar-refractivity contribution in [2.75, 3.05) is 35.2 Å². The standard InChI is InChI=1S/C20H27N5O/c1-15(2)14-21-19-11-10-18(23-24-19)20(26)22-16-6-8-17(9-7-16)25-12-4-3-5-13-25/h6-11,15H,3-5,12-14H2,1-2H3,(H,21,24)(H,22,26). The first-order valence-electron chi connectivity index (χ1n) is 9.36. The lowest BCUT2D eigenvalue weighted by atomic mass is 10.1. The molecule has 6 heteroatoms. The highest BCUT2D eigenvalue weighted by Gasteiger charge is 2.12. The van der Waals surface area contributed by atoms with Crippen molar-refractivity contribution in [2.45, 2.75) is 33.1 Å². The Morgan fingerprint density at radius 1 is 1.04 bits per heavy atom. The number of amides is 1. The highest BCUT2D eigenvalue weighted by atomic mass is 16.1. The van der Waals surface area contributed by atoms with Crippen LogP contribution >= 0.6 is 0 Å². The number of hydrogen-bond donors (Lipinski definition) is 2. The van der Waals surface area contributed by atoms with Gasteiger partial charge in [0.2, 0.25) is 0 Å². The van der Waals surface area contributed by atoms with Gasteiger partial charge >= 0.3 is 0 Å². The molecule has 26 heavy (non-hydrogen) atoms. The molecule has 0 saturated carbocycles. The molecule has 0 aliphatic carbocycles. The van der Waals surface area contributed by atoms with E-state index in [9.17, 15) is 4.79 Å². The van der Waals surface area contributed by atoms with Gasteiger partial charge in [0, 0.05) is 31.0 Å². The monoisotopic (exact) mass is 353 g/mol. The molecular formula is C20H27N5O. The van der Waals surface area contributed by atoms with E-state index in [1.54, 1.807) is 12.1 Å². The van der Waals surface area contributed by atoms with Crippen molar-refractivity contribution < 1.29 is 4.79 Å². The van der Waals surface area contributed by atoms with E-state index in [1.165, 1.54) is 24.9 Å². The van der Waals surface area contributed by atoms with Gasteiger partial charge in [-0.2, -0.15) is 0 Å². The number of nitrogens with one attached hydrogen (secondary N) is 2. The van der Waals surface area contributed by atoms with Gasteiger partial charge in [-0.1, -0.05) is 13.8 Å². The molecule has 0 atom stereocenters. The first kappa shape index (κ1) is 18.2. The van der Waals surface area contributed by atoms with Crippen LogP contribution in [0.4, 0.5) is 17.2 Å². The molecule has 0 bridgehead atoms. The number of benzene rings is 1. The third-order valence-corrected chi connectivity index (χ3v) is 4.43. The van der Waals surface area contributed by atoms with Gasteiger partial charge in [-0.15, -0.1) is 10.2 Å². The molecule has 1 fully saturated rings. The molecule has 1 amide bonds. The van der Waals surface area contributed by atoms with Crippen LogP contribution in [0.5, 0.6) is 0 Å². The summed E-state index contributed by atoms with van der Waals surface area (Å²) < 4.78 is 0. The lowest BCUT2D eigenvalue weighted by molar-refractivity contribution is 0.102. The zero-order valence-electron chi connectivity index (χ0n) is 15.5. The Balaban J connectivity index is 1.57. The smallest absolute Gasteiger partial charge is 0.276 e. The maximum absolute atomic E-state index is 12.3. The molecule has 3 rings (SSSR count). The van der Waals surface area contributed by atoms with E-state index in [-0.39, 0.29) is 5.91 Å². The van der Waals surface area contributed by atoms with Crippen molar-refractivity contribution in [3.8, 4) is 0 Å². The first-order valence-corrected chi connectivity index (χ1v) is 9.36. The lowest BCUT2D eigenvalue weighted by Gasteiger charge is -2.28. The average Bonchev–Trinajstić information content (AvgIpc) is 2.68. The summed E-state index contributed by atoms with van der Waals surface area (Å²) in [6.45, 7) is 7.29. The second kappa shape index (κ2) is 8.65. The zero-order valence-corrected chi connectivity index (χ0v) is 15.5. The van der Waals surface area contributed by atoms with E-state index in [2.05, 4.69) is 51.7 Å². The fourth-order valence-electron chi connectivity index (χ4n) is 2.96. The molecule has 1 saturated heterocycles. The summed E-state index contributed by atoms with van der Waals surface area (Å²) in [5.74, 6) is 0.951. The molecule has 6 nitrogen and oxygen atoms in total. The summed E-state index contributed by atoms with van der Waals surface area (Å²) in [4.78, 5) is 14.7. The van der Waals surface area contributed by atoms with Gasteiger partial charge in [0.1, 0.15) is 5.82 Å². The predicted octanol–water partition coefficient (Wildman–Crippen LogP) is 3.79. The topological polar surface area (TPSA) is 70.2 Å². The largest absolute Gasteiger partial charge is 0.372 e. The minimum absolute atomic E-state index is 0.251. The average molecular weight is 353 g/mol. The van der Waals surface area contributed by atoms with Gasteiger partial charge in [0.05, 0.1) is 0 Å². The first-order chi connectivity index (χ1) is 12.6. The van der Waals surface area contributed by atoms with Gasteiger partial charge in [0.25, 0.3) is 5.91 Å². The van der Waals surface area contributed by atoms with Crippen LogP contribution in [-0.2, 0) is 0 Å². The van der Waals surface area contributed by atoms with Crippen LogP contribution < -0.4 is 15.5 Å². The van der Waals surface area contributed by atoms with E-state index in [4.69, 9.17) is 0 Å². The molecule has 2 heterocycles. The van der Waals surface area contributed by atoms with Crippen molar-refractivity contribution >= 4 is 23.1 Å². The van der Waals surface area contributed by atoms with Gasteiger partial charge in [-0.25, -0.2) is 0 Å². The fraction of sp³-hybridized carbons (Fsp3) is 0.450. The SMILES string of the molecule is CC(C)CNc1ccc(C(=O)Nc2ccc(N3CCCCC3)cc2)nn1. The predicted molar refractivity (Wildman–Crippen MR) is 106 cm³/mol. The summed E-state index contributed by atoms with van der Waals surface area (Å²) in [6, 6.07) is 11.5. The molecule has 0 unspecified atom stereocenters. The Labute approximate surface area is 155 Å². The van der Waals surface area contributed by atoms with Crippen molar-refractivity contribution in [1.82, 2.24) is 10.2 Å². The Bertz CT molecular complexity index is 706. The minimum Gasteiger partial charge on any atom is -0.372 e. The Kier molecular flexibility index (Phi) is 6.04. The summed E-state index contributed by atoms with van der Waals surface area (Å²) in [6.07, 6.45) is 3.82. The van der Waals surface area contributed by atoms with E-state index in [0.29, 0.717) is 17.4 Å². The van der Waals surface area contributed by atoms with Crippen molar-refractivity contribution in [3.05, 3.63) is 42.1 Å². The van der Waals surface area contributed by atoms with E-state index < -0.39 is 0 Å². The Hall–Kier alpha value is -2.63. The van der Waals surface area contributed by atoms with E-state index >= 15 is 0 Å². The molecule has 2 N–H and O–H groups in total. The summed E-state index contributed by atoms with van der Waals surface area (Å²) in [5.41, 5.74) is 2.28. The number of nitrogens with zero attached hydrogens (tertiary/aromatic N) is 3. The summed E-state index contributed by atoms with van der Waals surface area (Å²) >= 11 is 0. The van der Waals surface area contributed by atoms with Crippen molar-refractivity contribution in [2.24, 2.45) is 5.92 Å². The number of carbonyl (C=O) groups is 1. The van der Waals surface area contributed by atoms with Crippen LogP contribution in [0.1, 0.15) is 43.6 Å². The quantitative estimate of drug-likeness (QED) is 0.827. The van der Waals surface area contributed by atoms with Crippen LogP contribution in [0.25, 0.3) is 0 Å². The maximum Gasteiger partial charge on any atom is 0.276 e. The Morgan fingerprint density at radius 3 is 2.38 bits per heavy atom. The number of carbonyl (C=O) groups excluding carboxylic acids is 1. The maximum atomic E-state index is 12.3. The van der Waals surface area contributed by atoms with Gasteiger partial charge < -0.3 is 15.5 Å². The minimum atomic E-state index is -0.251. The van der Waals surface area contributed by atoms with Crippen LogP contribution in [0, 0.1) is 5.92 Å². The van der Waals surface area contributed by atoms with Crippen LogP contribution in [0.15, 0.2) is 36.4 Å². The third-order valence-electron chi connectivity index (χ3n) is 4.43. The van der Waals surface area contributed by atoms with E-state index in [1.807, 2.05) is 12.1 Å². The van der Waals surface area contributed by atoms with Crippen LogP contribution in [0.3, 0.4) is 0 Å². The molecule has 1 aromatic heterocycles. The normalized spacial score (nSPS) is 14.3. The summed E-state index contributed by atoms with van der Waals surface area (Å²) in [7, 11) is 0. The molecular weight excluding hydrogens is 326 g/mol. The van der Waals surface area contributed by atoms with Gasteiger partial charge in [-0.3, -0.25) is 4.79 Å². The molecule has 1 aromatic carbocycles. The molecule has 0 spiro atoms. The Morgan fingerprint density at radius 2 is 1.77 bits per heavy atom. The van der Waals surface area contributed by atoms with Crippen molar-refractivity contribution in [1.29, 1.82) is 0 Å². The molecule has 2 aromatic rings. The highest BCUT2D eigenvalue weighted by Crippen LogP contribution is 2.22. The molecule has 0 radical (unpaired) electrons. The van der Waals surface area contributed by atoms with E-state index in [0.717, 1.165) is 25.3 Å². The van der Waals surface area contributed by atoms with Crippen LogP contribution in [-0.4, -0.2) is 35.7 Å². The second-order valence-corrected chi connectivity index (χ2v) is 7.13. The number of rotatable bonds is 6. The van der Waals surface area contributed by atoms with Crippen LogP contribution in [0.2, 0.25) is 0 Å². The molecule has 138 valence electrons. The van der Waals surface area contributed by atoms with Crippen molar-refractivity contribution in [3.63, 3.8) is 0 Å².